The number of carbonyl (C=O) groups excluding carboxylic acids is 1. The largest absolute Gasteiger partial charge is 0.468 e. The summed E-state index contributed by atoms with van der Waals surface area (Å²) in [5, 5.41) is 2.87. The lowest BCUT2D eigenvalue weighted by molar-refractivity contribution is -0.122. The Kier molecular flexibility index (Phi) is 4.20. The molecular formula is C14H19NO3. The molecule has 0 aromatic heterocycles. The summed E-state index contributed by atoms with van der Waals surface area (Å²) < 4.78 is 10.2. The average molecular weight is 249 g/mol. The second kappa shape index (κ2) is 5.87. The van der Waals surface area contributed by atoms with E-state index in [1.807, 2.05) is 31.2 Å². The van der Waals surface area contributed by atoms with Crippen molar-refractivity contribution in [3.05, 3.63) is 29.8 Å². The maximum atomic E-state index is 11.6. The van der Waals surface area contributed by atoms with Gasteiger partial charge in [-0.05, 0) is 37.0 Å². The third-order valence-electron chi connectivity index (χ3n) is 3.13. The van der Waals surface area contributed by atoms with E-state index in [1.54, 1.807) is 7.11 Å². The van der Waals surface area contributed by atoms with Crippen molar-refractivity contribution in [3.63, 3.8) is 0 Å². The predicted octanol–water partition coefficient (Wildman–Crippen LogP) is 1.91. The first-order chi connectivity index (χ1) is 8.76. The molecular weight excluding hydrogens is 230 g/mol. The molecule has 0 aliphatic heterocycles. The van der Waals surface area contributed by atoms with Crippen molar-refractivity contribution in [2.45, 2.75) is 19.3 Å². The predicted molar refractivity (Wildman–Crippen MR) is 68.5 cm³/mol. The quantitative estimate of drug-likeness (QED) is 0.783. The highest BCUT2D eigenvalue weighted by Gasteiger charge is 2.43. The normalized spacial score (nSPS) is 21.4. The van der Waals surface area contributed by atoms with E-state index in [4.69, 9.17) is 9.47 Å². The molecule has 0 saturated heterocycles. The first kappa shape index (κ1) is 12.9. The number of nitrogens with one attached hydrogen (secondary N) is 1. The van der Waals surface area contributed by atoms with Crippen molar-refractivity contribution in [2.24, 2.45) is 5.92 Å². The first-order valence-corrected chi connectivity index (χ1v) is 6.25. The highest BCUT2D eigenvalue weighted by Crippen LogP contribution is 2.47. The van der Waals surface area contributed by atoms with Gasteiger partial charge in [-0.2, -0.15) is 0 Å². The van der Waals surface area contributed by atoms with Crippen LogP contribution in [0.25, 0.3) is 0 Å². The number of benzene rings is 1. The van der Waals surface area contributed by atoms with Crippen LogP contribution in [0.4, 0.5) is 0 Å². The second-order valence-electron chi connectivity index (χ2n) is 4.46. The minimum atomic E-state index is 0.149. The molecule has 1 amide bonds. The Morgan fingerprint density at radius 1 is 1.39 bits per heavy atom. The van der Waals surface area contributed by atoms with Crippen LogP contribution in [-0.4, -0.2) is 26.4 Å². The SMILES string of the molecule is CCNC(=O)C1CC1c1ccc(OCOC)cc1. The van der Waals surface area contributed by atoms with Crippen LogP contribution in [0.5, 0.6) is 5.75 Å². The Balaban J connectivity index is 1.90. The Hall–Kier alpha value is -1.55. The van der Waals surface area contributed by atoms with Crippen molar-refractivity contribution in [2.75, 3.05) is 20.4 Å². The third kappa shape index (κ3) is 3.01. The first-order valence-electron chi connectivity index (χ1n) is 6.25. The maximum absolute atomic E-state index is 11.6. The van der Waals surface area contributed by atoms with Gasteiger partial charge in [-0.1, -0.05) is 12.1 Å². The van der Waals surface area contributed by atoms with Gasteiger partial charge in [0.05, 0.1) is 0 Å². The van der Waals surface area contributed by atoms with Gasteiger partial charge in [-0.15, -0.1) is 0 Å². The molecule has 1 aliphatic rings. The van der Waals surface area contributed by atoms with Crippen LogP contribution < -0.4 is 10.1 Å². The molecule has 0 radical (unpaired) electrons. The van der Waals surface area contributed by atoms with Gasteiger partial charge in [-0.3, -0.25) is 4.79 Å². The zero-order valence-electron chi connectivity index (χ0n) is 10.8. The van der Waals surface area contributed by atoms with E-state index in [0.717, 1.165) is 12.2 Å². The Bertz CT molecular complexity index is 402. The smallest absolute Gasteiger partial charge is 0.223 e. The van der Waals surface area contributed by atoms with Gasteiger partial charge >= 0.3 is 0 Å². The van der Waals surface area contributed by atoms with E-state index >= 15 is 0 Å². The summed E-state index contributed by atoms with van der Waals surface area (Å²) >= 11 is 0. The standard InChI is InChI=1S/C14H19NO3/c1-3-15-14(16)13-8-12(13)10-4-6-11(7-5-10)18-9-17-2/h4-7,12-13H,3,8-9H2,1-2H3,(H,15,16). The highest BCUT2D eigenvalue weighted by atomic mass is 16.7. The van der Waals surface area contributed by atoms with Gasteiger partial charge < -0.3 is 14.8 Å². The summed E-state index contributed by atoms with van der Waals surface area (Å²) in [7, 11) is 1.59. The van der Waals surface area contributed by atoms with Gasteiger partial charge in [0, 0.05) is 19.6 Å². The molecule has 0 bridgehead atoms. The molecule has 18 heavy (non-hydrogen) atoms. The van der Waals surface area contributed by atoms with Gasteiger partial charge in [0.15, 0.2) is 6.79 Å². The topological polar surface area (TPSA) is 47.6 Å². The van der Waals surface area contributed by atoms with Crippen LogP contribution in [0.1, 0.15) is 24.8 Å². The Morgan fingerprint density at radius 2 is 2.11 bits per heavy atom. The van der Waals surface area contributed by atoms with Gasteiger partial charge in [0.2, 0.25) is 5.91 Å². The summed E-state index contributed by atoms with van der Waals surface area (Å²) in [4.78, 5) is 11.6. The zero-order valence-corrected chi connectivity index (χ0v) is 10.8. The fourth-order valence-corrected chi connectivity index (χ4v) is 2.10. The zero-order chi connectivity index (χ0) is 13.0. The molecule has 1 N–H and O–H groups in total. The van der Waals surface area contributed by atoms with Crippen LogP contribution in [0.3, 0.4) is 0 Å². The maximum Gasteiger partial charge on any atom is 0.223 e. The van der Waals surface area contributed by atoms with Crippen molar-refractivity contribution < 1.29 is 14.3 Å². The summed E-state index contributed by atoms with van der Waals surface area (Å²) in [6, 6.07) is 7.88. The fourth-order valence-electron chi connectivity index (χ4n) is 2.10. The minimum Gasteiger partial charge on any atom is -0.468 e. The molecule has 2 unspecified atom stereocenters. The van der Waals surface area contributed by atoms with Crippen LogP contribution in [0, 0.1) is 5.92 Å². The second-order valence-corrected chi connectivity index (χ2v) is 4.46. The number of rotatable bonds is 6. The Morgan fingerprint density at radius 3 is 2.72 bits per heavy atom. The molecule has 1 aromatic carbocycles. The number of ether oxygens (including phenoxy) is 2. The number of hydrogen-bond donors (Lipinski definition) is 1. The highest BCUT2D eigenvalue weighted by molar-refractivity contribution is 5.82. The van der Waals surface area contributed by atoms with Crippen molar-refractivity contribution in [1.82, 2.24) is 5.32 Å². The summed E-state index contributed by atoms with van der Waals surface area (Å²) in [5.74, 6) is 1.47. The van der Waals surface area contributed by atoms with Crippen LogP contribution in [0.2, 0.25) is 0 Å². The van der Waals surface area contributed by atoms with E-state index < -0.39 is 0 Å². The van der Waals surface area contributed by atoms with Gasteiger partial charge in [0.25, 0.3) is 0 Å². The van der Waals surface area contributed by atoms with Crippen molar-refractivity contribution in [1.29, 1.82) is 0 Å². The molecule has 4 nitrogen and oxygen atoms in total. The summed E-state index contributed by atoms with van der Waals surface area (Å²) in [5.41, 5.74) is 1.20. The fraction of sp³-hybridized carbons (Fsp3) is 0.500. The van der Waals surface area contributed by atoms with Crippen molar-refractivity contribution >= 4 is 5.91 Å². The van der Waals surface area contributed by atoms with Gasteiger partial charge in [-0.25, -0.2) is 0 Å². The van der Waals surface area contributed by atoms with Crippen molar-refractivity contribution in [3.8, 4) is 5.75 Å². The number of amides is 1. The van der Waals surface area contributed by atoms with Crippen LogP contribution in [-0.2, 0) is 9.53 Å². The van der Waals surface area contributed by atoms with Crippen LogP contribution in [0.15, 0.2) is 24.3 Å². The molecule has 1 fully saturated rings. The molecule has 4 heteroatoms. The molecule has 0 heterocycles. The molecule has 1 saturated carbocycles. The molecule has 2 rings (SSSR count). The summed E-state index contributed by atoms with van der Waals surface area (Å²) in [6.45, 7) is 2.90. The minimum absolute atomic E-state index is 0.149. The van der Waals surface area contributed by atoms with E-state index in [2.05, 4.69) is 5.32 Å². The lowest BCUT2D eigenvalue weighted by Gasteiger charge is -2.06. The third-order valence-corrected chi connectivity index (χ3v) is 3.13. The molecule has 2 atom stereocenters. The van der Waals surface area contributed by atoms with Crippen LogP contribution >= 0.6 is 0 Å². The monoisotopic (exact) mass is 249 g/mol. The summed E-state index contributed by atoms with van der Waals surface area (Å²) in [6.07, 6.45) is 0.949. The lowest BCUT2D eigenvalue weighted by Crippen LogP contribution is -2.24. The average Bonchev–Trinajstić information content (AvgIpc) is 3.17. The lowest BCUT2D eigenvalue weighted by atomic mass is 10.1. The number of carbonyl (C=O) groups is 1. The molecule has 1 aliphatic carbocycles. The van der Waals surface area contributed by atoms with E-state index in [0.29, 0.717) is 12.5 Å². The van der Waals surface area contributed by atoms with E-state index in [-0.39, 0.29) is 18.6 Å². The molecule has 98 valence electrons. The van der Waals surface area contributed by atoms with Gasteiger partial charge in [0.1, 0.15) is 5.75 Å². The molecule has 1 aromatic rings. The van der Waals surface area contributed by atoms with E-state index in [1.165, 1.54) is 5.56 Å². The number of hydrogen-bond acceptors (Lipinski definition) is 3. The molecule has 0 spiro atoms. The Labute approximate surface area is 107 Å². The van der Waals surface area contributed by atoms with E-state index in [9.17, 15) is 4.79 Å². The number of methoxy groups -OCH3 is 1.